The normalized spacial score (nSPS) is 27.4. The number of piperidine rings is 1. The van der Waals surface area contributed by atoms with Gasteiger partial charge in [0.25, 0.3) is 0 Å². The van der Waals surface area contributed by atoms with Crippen LogP contribution >= 0.6 is 0 Å². The Morgan fingerprint density at radius 3 is 2.80 bits per heavy atom. The van der Waals surface area contributed by atoms with Crippen molar-refractivity contribution in [3.05, 3.63) is 0 Å². The molecule has 0 bridgehead atoms. The lowest BCUT2D eigenvalue weighted by Crippen LogP contribution is -2.53. The summed E-state index contributed by atoms with van der Waals surface area (Å²) in [7, 11) is 0. The van der Waals surface area contributed by atoms with E-state index in [9.17, 15) is 9.59 Å². The van der Waals surface area contributed by atoms with Crippen molar-refractivity contribution < 1.29 is 9.59 Å². The average Bonchev–Trinajstić information content (AvgIpc) is 2.48. The molecule has 1 aliphatic carbocycles. The van der Waals surface area contributed by atoms with Crippen LogP contribution in [0, 0.1) is 5.92 Å². The van der Waals surface area contributed by atoms with E-state index in [0.29, 0.717) is 12.2 Å². The first-order valence-electron chi connectivity index (χ1n) is 8.31. The molecule has 2 fully saturated rings. The second-order valence-electron chi connectivity index (χ2n) is 6.16. The molecule has 114 valence electrons. The summed E-state index contributed by atoms with van der Waals surface area (Å²) in [5.41, 5.74) is 0. The van der Waals surface area contributed by atoms with Crippen LogP contribution in [-0.4, -0.2) is 35.8 Å². The molecule has 2 atom stereocenters. The van der Waals surface area contributed by atoms with Crippen molar-refractivity contribution in [1.82, 2.24) is 10.2 Å². The highest BCUT2D eigenvalue weighted by atomic mass is 16.2. The number of nitrogens with zero attached hydrogens (tertiary/aromatic N) is 1. The fourth-order valence-electron chi connectivity index (χ4n) is 3.52. The standard InChI is InChI=1S/C16H28N2O2/c1-2-3-11-17-16(20)18-12-7-6-9-14(18)13-8-4-5-10-15(13)19/h13-14H,2-12H2,1H3,(H,17,20). The van der Waals surface area contributed by atoms with Gasteiger partial charge in [-0.1, -0.05) is 19.8 Å². The topological polar surface area (TPSA) is 49.4 Å². The zero-order valence-electron chi connectivity index (χ0n) is 12.7. The molecule has 0 aromatic heterocycles. The monoisotopic (exact) mass is 280 g/mol. The van der Waals surface area contributed by atoms with Crippen LogP contribution in [0.5, 0.6) is 0 Å². The number of carbonyl (C=O) groups excluding carboxylic acids is 2. The van der Waals surface area contributed by atoms with Crippen LogP contribution in [0.3, 0.4) is 0 Å². The molecule has 1 N–H and O–H groups in total. The van der Waals surface area contributed by atoms with Crippen LogP contribution in [0.1, 0.15) is 64.7 Å². The molecule has 0 aromatic carbocycles. The number of hydrogen-bond acceptors (Lipinski definition) is 2. The van der Waals surface area contributed by atoms with Crippen LogP contribution < -0.4 is 5.32 Å². The molecule has 4 heteroatoms. The number of carbonyl (C=O) groups is 2. The van der Waals surface area contributed by atoms with E-state index in [2.05, 4.69) is 12.2 Å². The minimum absolute atomic E-state index is 0.0431. The number of urea groups is 1. The molecular formula is C16H28N2O2. The van der Waals surface area contributed by atoms with Crippen molar-refractivity contribution in [3.63, 3.8) is 0 Å². The fourth-order valence-corrected chi connectivity index (χ4v) is 3.52. The highest BCUT2D eigenvalue weighted by Gasteiger charge is 2.37. The lowest BCUT2D eigenvalue weighted by molar-refractivity contribution is -0.127. The molecule has 2 aliphatic rings. The number of unbranched alkanes of at least 4 members (excludes halogenated alkanes) is 1. The van der Waals surface area contributed by atoms with Crippen LogP contribution in [-0.2, 0) is 4.79 Å². The molecule has 0 spiro atoms. The molecular weight excluding hydrogens is 252 g/mol. The number of hydrogen-bond donors (Lipinski definition) is 1. The Bertz CT molecular complexity index is 343. The first kappa shape index (κ1) is 15.3. The maximum atomic E-state index is 12.3. The zero-order chi connectivity index (χ0) is 14.4. The number of nitrogens with one attached hydrogen (secondary N) is 1. The van der Waals surface area contributed by atoms with Gasteiger partial charge in [0, 0.05) is 31.5 Å². The maximum Gasteiger partial charge on any atom is 0.317 e. The third-order valence-electron chi connectivity index (χ3n) is 4.68. The number of likely N-dealkylation sites (tertiary alicyclic amines) is 1. The Morgan fingerprint density at radius 2 is 2.05 bits per heavy atom. The molecule has 1 saturated carbocycles. The number of ketones is 1. The Labute approximate surface area is 122 Å². The van der Waals surface area contributed by atoms with Crippen LogP contribution in [0.4, 0.5) is 4.79 Å². The summed E-state index contributed by atoms with van der Waals surface area (Å²) in [6.07, 6.45) is 9.18. The maximum absolute atomic E-state index is 12.3. The summed E-state index contributed by atoms with van der Waals surface area (Å²) < 4.78 is 0. The van der Waals surface area contributed by atoms with E-state index < -0.39 is 0 Å². The van der Waals surface area contributed by atoms with Crippen LogP contribution in [0.25, 0.3) is 0 Å². The average molecular weight is 280 g/mol. The Kier molecular flexibility index (Phi) is 5.86. The lowest BCUT2D eigenvalue weighted by Gasteiger charge is -2.41. The second kappa shape index (κ2) is 7.65. The summed E-state index contributed by atoms with van der Waals surface area (Å²) in [6.45, 7) is 3.68. The number of Topliss-reactive ketones (excluding diaryl/α,β-unsaturated/α-hetero) is 1. The molecule has 4 nitrogen and oxygen atoms in total. The van der Waals surface area contributed by atoms with Gasteiger partial charge in [0.1, 0.15) is 5.78 Å². The van der Waals surface area contributed by atoms with Gasteiger partial charge in [0.15, 0.2) is 0 Å². The SMILES string of the molecule is CCCCNC(=O)N1CCCCC1C1CCCCC1=O. The lowest BCUT2D eigenvalue weighted by atomic mass is 9.79. The molecule has 0 radical (unpaired) electrons. The molecule has 2 rings (SSSR count). The molecule has 1 aliphatic heterocycles. The van der Waals surface area contributed by atoms with Gasteiger partial charge < -0.3 is 10.2 Å². The highest BCUT2D eigenvalue weighted by Crippen LogP contribution is 2.31. The molecule has 0 aromatic rings. The summed E-state index contributed by atoms with van der Waals surface area (Å²) in [6, 6.07) is 0.194. The first-order valence-corrected chi connectivity index (χ1v) is 8.31. The van der Waals surface area contributed by atoms with Crippen molar-refractivity contribution in [3.8, 4) is 0 Å². The van der Waals surface area contributed by atoms with Crippen molar-refractivity contribution in [2.75, 3.05) is 13.1 Å². The second-order valence-corrected chi connectivity index (χ2v) is 6.16. The minimum atomic E-state index is 0.0431. The summed E-state index contributed by atoms with van der Waals surface area (Å²) >= 11 is 0. The Balaban J connectivity index is 1.97. The third kappa shape index (κ3) is 3.74. The van der Waals surface area contributed by atoms with Gasteiger partial charge in [-0.05, 0) is 38.5 Å². The molecule has 1 saturated heterocycles. The highest BCUT2D eigenvalue weighted by molar-refractivity contribution is 5.83. The van der Waals surface area contributed by atoms with Gasteiger partial charge in [0.05, 0.1) is 0 Å². The van der Waals surface area contributed by atoms with E-state index in [1.54, 1.807) is 0 Å². The van der Waals surface area contributed by atoms with Crippen molar-refractivity contribution in [1.29, 1.82) is 0 Å². The smallest absolute Gasteiger partial charge is 0.317 e. The van der Waals surface area contributed by atoms with Gasteiger partial charge in [-0.3, -0.25) is 4.79 Å². The fraction of sp³-hybridized carbons (Fsp3) is 0.875. The van der Waals surface area contributed by atoms with Crippen molar-refractivity contribution in [2.24, 2.45) is 5.92 Å². The van der Waals surface area contributed by atoms with Gasteiger partial charge in [-0.2, -0.15) is 0 Å². The number of rotatable bonds is 4. The van der Waals surface area contributed by atoms with E-state index in [-0.39, 0.29) is 18.0 Å². The van der Waals surface area contributed by atoms with E-state index in [1.807, 2.05) is 4.90 Å². The summed E-state index contributed by atoms with van der Waals surface area (Å²) in [4.78, 5) is 26.5. The molecule has 20 heavy (non-hydrogen) atoms. The molecule has 2 unspecified atom stereocenters. The summed E-state index contributed by atoms with van der Waals surface area (Å²) in [5.74, 6) is 0.482. The van der Waals surface area contributed by atoms with Gasteiger partial charge in [-0.25, -0.2) is 4.79 Å². The van der Waals surface area contributed by atoms with E-state index in [1.165, 1.54) is 0 Å². The van der Waals surface area contributed by atoms with Gasteiger partial charge >= 0.3 is 6.03 Å². The summed E-state index contributed by atoms with van der Waals surface area (Å²) in [5, 5.41) is 3.01. The quantitative estimate of drug-likeness (QED) is 0.804. The van der Waals surface area contributed by atoms with Crippen LogP contribution in [0.2, 0.25) is 0 Å². The van der Waals surface area contributed by atoms with E-state index in [0.717, 1.165) is 64.5 Å². The predicted octanol–water partition coefficient (Wildman–Crippen LogP) is 3.11. The van der Waals surface area contributed by atoms with E-state index >= 15 is 0 Å². The largest absolute Gasteiger partial charge is 0.338 e. The Hall–Kier alpha value is -1.06. The van der Waals surface area contributed by atoms with Crippen molar-refractivity contribution in [2.45, 2.75) is 70.8 Å². The third-order valence-corrected chi connectivity index (χ3v) is 4.68. The zero-order valence-corrected chi connectivity index (χ0v) is 12.7. The molecule has 1 heterocycles. The van der Waals surface area contributed by atoms with Gasteiger partial charge in [-0.15, -0.1) is 0 Å². The minimum Gasteiger partial charge on any atom is -0.338 e. The van der Waals surface area contributed by atoms with Crippen LogP contribution in [0.15, 0.2) is 0 Å². The van der Waals surface area contributed by atoms with E-state index in [4.69, 9.17) is 0 Å². The Morgan fingerprint density at radius 1 is 1.25 bits per heavy atom. The van der Waals surface area contributed by atoms with Crippen molar-refractivity contribution >= 4 is 11.8 Å². The van der Waals surface area contributed by atoms with Gasteiger partial charge in [0.2, 0.25) is 0 Å². The molecule has 2 amide bonds. The number of amides is 2. The first-order chi connectivity index (χ1) is 9.74. The predicted molar refractivity (Wildman–Crippen MR) is 79.6 cm³/mol.